The topological polar surface area (TPSA) is 12.0 Å². The summed E-state index contributed by atoms with van der Waals surface area (Å²) in [5.41, 5.74) is 2.12. The minimum absolute atomic E-state index is 0.152. The number of hydrogen-bond acceptors (Lipinski definition) is 2. The van der Waals surface area contributed by atoms with Crippen molar-refractivity contribution < 1.29 is 0 Å². The third-order valence-corrected chi connectivity index (χ3v) is 3.82. The summed E-state index contributed by atoms with van der Waals surface area (Å²) in [5.74, 6) is 0. The van der Waals surface area contributed by atoms with Gasteiger partial charge in [-0.3, -0.25) is 0 Å². The van der Waals surface area contributed by atoms with E-state index in [0.29, 0.717) is 0 Å². The van der Waals surface area contributed by atoms with Crippen molar-refractivity contribution in [1.82, 2.24) is 0 Å². The number of anilines is 1. The second-order valence-electron chi connectivity index (χ2n) is 3.51. The molecule has 0 aliphatic carbocycles. The van der Waals surface area contributed by atoms with E-state index < -0.39 is 0 Å². The Morgan fingerprint density at radius 1 is 1.19 bits per heavy atom. The number of nitrogens with one attached hydrogen (secondary N) is 1. The van der Waals surface area contributed by atoms with E-state index >= 15 is 0 Å². The zero-order chi connectivity index (χ0) is 11.5. The first kappa shape index (κ1) is 11.8. The van der Waals surface area contributed by atoms with E-state index in [-0.39, 0.29) is 6.04 Å². The van der Waals surface area contributed by atoms with Gasteiger partial charge in [-0.1, -0.05) is 41.4 Å². The van der Waals surface area contributed by atoms with E-state index in [2.05, 4.69) is 12.2 Å². The fourth-order valence-electron chi connectivity index (χ4n) is 1.51. The maximum absolute atomic E-state index is 6.10. The Morgan fingerprint density at radius 2 is 1.88 bits per heavy atom. The highest BCUT2D eigenvalue weighted by Crippen LogP contribution is 2.35. The van der Waals surface area contributed by atoms with Crippen LogP contribution in [0.4, 0.5) is 5.69 Å². The molecule has 1 N–H and O–H groups in total. The highest BCUT2D eigenvalue weighted by Gasteiger charge is 2.12. The van der Waals surface area contributed by atoms with Gasteiger partial charge < -0.3 is 5.32 Å². The van der Waals surface area contributed by atoms with Crippen molar-refractivity contribution in [3.63, 3.8) is 0 Å². The van der Waals surface area contributed by atoms with Crippen LogP contribution >= 0.6 is 34.5 Å². The van der Waals surface area contributed by atoms with Crippen LogP contribution in [0.5, 0.6) is 0 Å². The second-order valence-corrected chi connectivity index (χ2v) is 5.80. The summed E-state index contributed by atoms with van der Waals surface area (Å²) in [5, 5.41) is 3.38. The third-order valence-electron chi connectivity index (χ3n) is 2.31. The van der Waals surface area contributed by atoms with Gasteiger partial charge in [0.15, 0.2) is 0 Å². The molecule has 0 aliphatic rings. The van der Waals surface area contributed by atoms with Crippen LogP contribution in [0.1, 0.15) is 18.5 Å². The van der Waals surface area contributed by atoms with Crippen LogP contribution < -0.4 is 5.32 Å². The van der Waals surface area contributed by atoms with Crippen molar-refractivity contribution in [2.75, 3.05) is 5.32 Å². The predicted molar refractivity (Wildman–Crippen MR) is 72.8 cm³/mol. The third kappa shape index (κ3) is 2.70. The lowest BCUT2D eigenvalue weighted by Crippen LogP contribution is -2.05. The first-order valence-corrected chi connectivity index (χ1v) is 6.50. The molecule has 1 aromatic carbocycles. The average molecular weight is 272 g/mol. The van der Waals surface area contributed by atoms with E-state index in [0.717, 1.165) is 19.9 Å². The maximum atomic E-state index is 6.10. The van der Waals surface area contributed by atoms with E-state index in [1.165, 1.54) is 11.3 Å². The van der Waals surface area contributed by atoms with Crippen molar-refractivity contribution in [3.05, 3.63) is 50.6 Å². The Bertz CT molecular complexity index is 467. The molecule has 1 unspecified atom stereocenters. The summed E-state index contributed by atoms with van der Waals surface area (Å²) in [6, 6.07) is 12.1. The number of thiophene rings is 1. The van der Waals surface area contributed by atoms with Crippen LogP contribution in [0.2, 0.25) is 8.67 Å². The zero-order valence-corrected chi connectivity index (χ0v) is 11.0. The zero-order valence-electron chi connectivity index (χ0n) is 8.71. The number of rotatable bonds is 3. The predicted octanol–water partition coefficient (Wildman–Crippen LogP) is 5.23. The van der Waals surface area contributed by atoms with Gasteiger partial charge in [0.1, 0.15) is 0 Å². The lowest BCUT2D eigenvalue weighted by molar-refractivity contribution is 0.891. The van der Waals surface area contributed by atoms with Gasteiger partial charge in [0, 0.05) is 11.3 Å². The smallest absolute Gasteiger partial charge is 0.0996 e. The number of benzene rings is 1. The SMILES string of the molecule is CC(Nc1ccccc1)c1cc(Cl)sc1Cl. The minimum atomic E-state index is 0.152. The van der Waals surface area contributed by atoms with E-state index in [9.17, 15) is 0 Å². The average Bonchev–Trinajstić information content (AvgIpc) is 2.59. The molecule has 0 radical (unpaired) electrons. The van der Waals surface area contributed by atoms with Crippen LogP contribution in [0.15, 0.2) is 36.4 Å². The molecule has 2 rings (SSSR count). The molecule has 1 heterocycles. The maximum Gasteiger partial charge on any atom is 0.0996 e. The standard InChI is InChI=1S/C12H11Cl2NS/c1-8(10-7-11(13)16-12(10)14)15-9-5-3-2-4-6-9/h2-8,15H,1H3. The van der Waals surface area contributed by atoms with Gasteiger partial charge in [-0.05, 0) is 25.1 Å². The Labute approximate surface area is 109 Å². The van der Waals surface area contributed by atoms with Crippen molar-refractivity contribution in [3.8, 4) is 0 Å². The first-order chi connectivity index (χ1) is 7.66. The molecule has 16 heavy (non-hydrogen) atoms. The summed E-state index contributed by atoms with van der Waals surface area (Å²) >= 11 is 13.4. The monoisotopic (exact) mass is 271 g/mol. The summed E-state index contributed by atoms with van der Waals surface area (Å²) in [4.78, 5) is 0. The fraction of sp³-hybridized carbons (Fsp3) is 0.167. The van der Waals surface area contributed by atoms with Gasteiger partial charge in [-0.15, -0.1) is 11.3 Å². The molecule has 0 bridgehead atoms. The van der Waals surface area contributed by atoms with E-state index in [1.54, 1.807) is 0 Å². The lowest BCUT2D eigenvalue weighted by atomic mass is 10.1. The van der Waals surface area contributed by atoms with Crippen molar-refractivity contribution in [2.45, 2.75) is 13.0 Å². The van der Waals surface area contributed by atoms with Crippen LogP contribution in [-0.2, 0) is 0 Å². The van der Waals surface area contributed by atoms with Gasteiger partial charge in [0.05, 0.1) is 14.7 Å². The second kappa shape index (κ2) is 5.09. The van der Waals surface area contributed by atoms with Crippen molar-refractivity contribution in [2.24, 2.45) is 0 Å². The molecule has 2 aromatic rings. The van der Waals surface area contributed by atoms with E-state index in [4.69, 9.17) is 23.2 Å². The molecule has 84 valence electrons. The Morgan fingerprint density at radius 3 is 2.44 bits per heavy atom. The Balaban J connectivity index is 2.14. The molecular formula is C12H11Cl2NS. The molecule has 0 fully saturated rings. The molecule has 4 heteroatoms. The first-order valence-electron chi connectivity index (χ1n) is 4.93. The van der Waals surface area contributed by atoms with E-state index in [1.807, 2.05) is 36.4 Å². The molecule has 1 nitrogen and oxygen atoms in total. The summed E-state index contributed by atoms with van der Waals surface area (Å²) in [6.07, 6.45) is 0. The van der Waals surface area contributed by atoms with Crippen molar-refractivity contribution >= 4 is 40.2 Å². The minimum Gasteiger partial charge on any atom is -0.378 e. The van der Waals surface area contributed by atoms with Gasteiger partial charge in [0.25, 0.3) is 0 Å². The molecule has 0 amide bonds. The van der Waals surface area contributed by atoms with Gasteiger partial charge in [-0.25, -0.2) is 0 Å². The molecular weight excluding hydrogens is 261 g/mol. The van der Waals surface area contributed by atoms with Crippen LogP contribution in [0.25, 0.3) is 0 Å². The number of para-hydroxylation sites is 1. The van der Waals surface area contributed by atoms with Crippen LogP contribution in [0, 0.1) is 0 Å². The quantitative estimate of drug-likeness (QED) is 0.806. The Hall–Kier alpha value is -0.700. The van der Waals surface area contributed by atoms with Crippen molar-refractivity contribution in [1.29, 1.82) is 0 Å². The highest BCUT2D eigenvalue weighted by atomic mass is 35.5. The molecule has 0 saturated carbocycles. The molecule has 1 aromatic heterocycles. The molecule has 0 spiro atoms. The van der Waals surface area contributed by atoms with Gasteiger partial charge >= 0.3 is 0 Å². The van der Waals surface area contributed by atoms with Crippen LogP contribution in [0.3, 0.4) is 0 Å². The van der Waals surface area contributed by atoms with Crippen LogP contribution in [-0.4, -0.2) is 0 Å². The number of halogens is 2. The molecule has 0 saturated heterocycles. The van der Waals surface area contributed by atoms with Gasteiger partial charge in [0.2, 0.25) is 0 Å². The van der Waals surface area contributed by atoms with Gasteiger partial charge in [-0.2, -0.15) is 0 Å². The molecule has 1 atom stereocenters. The molecule has 0 aliphatic heterocycles. The summed E-state index contributed by atoms with van der Waals surface area (Å²) in [6.45, 7) is 2.07. The lowest BCUT2D eigenvalue weighted by Gasteiger charge is -2.14. The summed E-state index contributed by atoms with van der Waals surface area (Å²) < 4.78 is 1.47. The highest BCUT2D eigenvalue weighted by molar-refractivity contribution is 7.20. The largest absolute Gasteiger partial charge is 0.378 e. The Kier molecular flexibility index (Phi) is 3.74. The summed E-state index contributed by atoms with van der Waals surface area (Å²) in [7, 11) is 0. The normalized spacial score (nSPS) is 12.4. The number of hydrogen-bond donors (Lipinski definition) is 1. The fourth-order valence-corrected chi connectivity index (χ4v) is 3.16.